The van der Waals surface area contributed by atoms with Crippen LogP contribution in [-0.4, -0.2) is 41.6 Å². The van der Waals surface area contributed by atoms with Crippen molar-refractivity contribution >= 4 is 22.6 Å². The van der Waals surface area contributed by atoms with E-state index < -0.39 is 11.6 Å². The average molecular weight is 435 g/mol. The molecule has 0 fully saturated rings. The molecule has 0 aliphatic carbocycles. The van der Waals surface area contributed by atoms with Gasteiger partial charge in [-0.3, -0.25) is 9.78 Å². The number of likely N-dealkylation sites (N-methyl/N-ethyl adjacent to an activating group) is 1. The molecule has 1 amide bonds. The van der Waals surface area contributed by atoms with E-state index in [1.807, 2.05) is 0 Å². The quantitative estimate of drug-likeness (QED) is 0.479. The molecule has 32 heavy (non-hydrogen) atoms. The first-order valence-corrected chi connectivity index (χ1v) is 9.71. The van der Waals surface area contributed by atoms with Crippen molar-refractivity contribution in [1.82, 2.24) is 20.3 Å². The number of benzene rings is 2. The zero-order chi connectivity index (χ0) is 22.7. The van der Waals surface area contributed by atoms with Crippen molar-refractivity contribution in [3.05, 3.63) is 66.5 Å². The molecule has 0 aliphatic rings. The maximum absolute atomic E-state index is 14.5. The van der Waals surface area contributed by atoms with Gasteiger partial charge >= 0.3 is 0 Å². The Balaban J connectivity index is 1.96. The van der Waals surface area contributed by atoms with Crippen LogP contribution in [-0.2, 0) is 4.79 Å². The van der Waals surface area contributed by atoms with Crippen LogP contribution in [0, 0.1) is 11.6 Å². The monoisotopic (exact) mass is 435 g/mol. The van der Waals surface area contributed by atoms with Crippen molar-refractivity contribution < 1.29 is 18.3 Å². The number of carbonyl (C=O) groups excluding carboxylic acids is 1. The molecule has 0 aliphatic heterocycles. The van der Waals surface area contributed by atoms with Crippen molar-refractivity contribution in [3.8, 4) is 28.3 Å². The number of nitrogens with zero attached hydrogens (tertiary/aromatic N) is 3. The van der Waals surface area contributed by atoms with E-state index in [2.05, 4.69) is 25.6 Å². The van der Waals surface area contributed by atoms with Crippen molar-refractivity contribution in [1.29, 1.82) is 0 Å². The first-order chi connectivity index (χ1) is 15.5. The van der Waals surface area contributed by atoms with Crippen LogP contribution in [0.25, 0.3) is 33.4 Å². The Labute approximate surface area is 182 Å². The highest BCUT2D eigenvalue weighted by molar-refractivity contribution is 5.98. The lowest BCUT2D eigenvalue weighted by molar-refractivity contribution is -0.118. The molecule has 7 nitrogen and oxygen atoms in total. The maximum Gasteiger partial charge on any atom is 0.239 e. The summed E-state index contributed by atoms with van der Waals surface area (Å²) in [5, 5.41) is 6.02. The fourth-order valence-electron chi connectivity index (χ4n) is 3.25. The molecule has 0 saturated carbocycles. The lowest BCUT2D eigenvalue weighted by Crippen LogP contribution is -2.26. The van der Waals surface area contributed by atoms with E-state index >= 15 is 0 Å². The fraction of sp³-hybridized carbons (Fsp3) is 0.130. The highest BCUT2D eigenvalue weighted by atomic mass is 19.2. The van der Waals surface area contributed by atoms with Crippen molar-refractivity contribution in [2.75, 3.05) is 26.0 Å². The smallest absolute Gasteiger partial charge is 0.239 e. The fourth-order valence-corrected chi connectivity index (χ4v) is 3.25. The second-order valence-corrected chi connectivity index (χ2v) is 6.84. The van der Waals surface area contributed by atoms with E-state index in [0.29, 0.717) is 39.4 Å². The van der Waals surface area contributed by atoms with Gasteiger partial charge in [-0.1, -0.05) is 12.1 Å². The SMILES string of the molecule is CNC(=O)CNc1nc(-c2cccnc2)nc2c(OC)cc(-c3cccc(F)c3F)cc12. The van der Waals surface area contributed by atoms with E-state index in [0.717, 1.165) is 6.07 Å². The molecule has 2 N–H and O–H groups in total. The first kappa shape index (κ1) is 21.1. The number of methoxy groups -OCH3 is 1. The predicted molar refractivity (Wildman–Crippen MR) is 117 cm³/mol. The Morgan fingerprint density at radius 1 is 1.09 bits per heavy atom. The summed E-state index contributed by atoms with van der Waals surface area (Å²) in [5.74, 6) is -1.12. The number of hydrogen-bond acceptors (Lipinski definition) is 6. The highest BCUT2D eigenvalue weighted by Crippen LogP contribution is 2.36. The molecule has 0 radical (unpaired) electrons. The molecule has 0 bridgehead atoms. The third-order valence-corrected chi connectivity index (χ3v) is 4.86. The zero-order valence-electron chi connectivity index (χ0n) is 17.3. The molecule has 0 spiro atoms. The minimum Gasteiger partial charge on any atom is -0.494 e. The van der Waals surface area contributed by atoms with Crippen LogP contribution in [0.4, 0.5) is 14.6 Å². The standard InChI is InChI=1S/C23H19F2N5O2/c1-26-19(31)12-28-23-16-9-14(15-6-3-7-17(24)20(15)25)10-18(32-2)21(16)29-22(30-23)13-5-4-8-27-11-13/h3-11H,12H2,1-2H3,(H,26,31)(H,28,29,30). The van der Waals surface area contributed by atoms with Gasteiger partial charge in [0.1, 0.15) is 17.1 Å². The van der Waals surface area contributed by atoms with Gasteiger partial charge in [-0.2, -0.15) is 0 Å². The zero-order valence-corrected chi connectivity index (χ0v) is 17.3. The summed E-state index contributed by atoms with van der Waals surface area (Å²) in [6.07, 6.45) is 3.25. The van der Waals surface area contributed by atoms with Crippen LogP contribution in [0.2, 0.25) is 0 Å². The normalized spacial score (nSPS) is 10.8. The molecule has 4 rings (SSSR count). The van der Waals surface area contributed by atoms with Crippen LogP contribution < -0.4 is 15.4 Å². The van der Waals surface area contributed by atoms with Crippen LogP contribution in [0.5, 0.6) is 5.75 Å². The number of amides is 1. The van der Waals surface area contributed by atoms with Gasteiger partial charge < -0.3 is 15.4 Å². The summed E-state index contributed by atoms with van der Waals surface area (Å²) in [4.78, 5) is 25.1. The molecule has 9 heteroatoms. The van der Waals surface area contributed by atoms with E-state index in [4.69, 9.17) is 4.74 Å². The van der Waals surface area contributed by atoms with Gasteiger partial charge in [-0.05, 0) is 35.9 Å². The van der Waals surface area contributed by atoms with E-state index in [-0.39, 0.29) is 18.0 Å². The summed E-state index contributed by atoms with van der Waals surface area (Å²) in [7, 11) is 2.99. The van der Waals surface area contributed by atoms with Gasteiger partial charge in [0, 0.05) is 36.0 Å². The lowest BCUT2D eigenvalue weighted by atomic mass is 10.0. The number of hydrogen-bond donors (Lipinski definition) is 2. The van der Waals surface area contributed by atoms with Gasteiger partial charge in [0.2, 0.25) is 5.91 Å². The number of carbonyl (C=O) groups is 1. The molecule has 4 aromatic rings. The van der Waals surface area contributed by atoms with Gasteiger partial charge in [0.15, 0.2) is 17.5 Å². The Bertz CT molecular complexity index is 1300. The minimum absolute atomic E-state index is 0.0457. The number of ether oxygens (including phenoxy) is 1. The van der Waals surface area contributed by atoms with Crippen molar-refractivity contribution in [2.24, 2.45) is 0 Å². The molecule has 0 unspecified atom stereocenters. The largest absolute Gasteiger partial charge is 0.494 e. The summed E-state index contributed by atoms with van der Waals surface area (Å²) >= 11 is 0. The Hall–Kier alpha value is -4.14. The maximum atomic E-state index is 14.5. The third-order valence-electron chi connectivity index (χ3n) is 4.86. The number of rotatable bonds is 6. The second-order valence-electron chi connectivity index (χ2n) is 6.84. The molecular formula is C23H19F2N5O2. The highest BCUT2D eigenvalue weighted by Gasteiger charge is 2.18. The van der Waals surface area contributed by atoms with Crippen molar-refractivity contribution in [2.45, 2.75) is 0 Å². The van der Waals surface area contributed by atoms with Crippen molar-refractivity contribution in [3.63, 3.8) is 0 Å². The first-order valence-electron chi connectivity index (χ1n) is 9.71. The molecule has 0 saturated heterocycles. The van der Waals surface area contributed by atoms with E-state index in [9.17, 15) is 13.6 Å². The van der Waals surface area contributed by atoms with Gasteiger partial charge in [0.05, 0.1) is 13.7 Å². The molecule has 2 aromatic carbocycles. The summed E-state index contributed by atoms with van der Waals surface area (Å²) in [6, 6.07) is 10.7. The Morgan fingerprint density at radius 3 is 2.66 bits per heavy atom. The van der Waals surface area contributed by atoms with Crippen LogP contribution >= 0.6 is 0 Å². The number of nitrogens with one attached hydrogen (secondary N) is 2. The number of fused-ring (bicyclic) bond motifs is 1. The van der Waals surface area contributed by atoms with Gasteiger partial charge in [-0.15, -0.1) is 0 Å². The predicted octanol–water partition coefficient (Wildman–Crippen LogP) is 3.80. The summed E-state index contributed by atoms with van der Waals surface area (Å²) in [5.41, 5.74) is 1.56. The summed E-state index contributed by atoms with van der Waals surface area (Å²) < 4.78 is 33.8. The van der Waals surface area contributed by atoms with E-state index in [1.54, 1.807) is 36.7 Å². The summed E-state index contributed by atoms with van der Waals surface area (Å²) in [6.45, 7) is -0.0457. The molecule has 0 atom stereocenters. The number of halogens is 2. The van der Waals surface area contributed by atoms with Crippen LogP contribution in [0.3, 0.4) is 0 Å². The molecule has 2 heterocycles. The van der Waals surface area contributed by atoms with Gasteiger partial charge in [0.25, 0.3) is 0 Å². The number of pyridine rings is 1. The van der Waals surface area contributed by atoms with Crippen LogP contribution in [0.15, 0.2) is 54.9 Å². The number of aromatic nitrogens is 3. The molecule has 162 valence electrons. The topological polar surface area (TPSA) is 89.0 Å². The van der Waals surface area contributed by atoms with Crippen LogP contribution in [0.1, 0.15) is 0 Å². The number of anilines is 1. The molecular weight excluding hydrogens is 416 g/mol. The average Bonchev–Trinajstić information content (AvgIpc) is 2.83. The Morgan fingerprint density at radius 2 is 1.94 bits per heavy atom. The van der Waals surface area contributed by atoms with E-state index in [1.165, 1.54) is 26.3 Å². The molecule has 2 aromatic heterocycles. The van der Waals surface area contributed by atoms with Gasteiger partial charge in [-0.25, -0.2) is 18.7 Å². The minimum atomic E-state index is -0.971. The third kappa shape index (κ3) is 4.04. The second kappa shape index (κ2) is 8.93. The Kier molecular flexibility index (Phi) is 5.89. The lowest BCUT2D eigenvalue weighted by Gasteiger charge is -2.15.